The molecule has 5 nitrogen and oxygen atoms in total. The Bertz CT molecular complexity index is 1300. The number of hydrogen-bond donors (Lipinski definition) is 1. The average molecular weight is 615 g/mol. The van der Waals surface area contributed by atoms with Crippen LogP contribution in [-0.4, -0.2) is 44.2 Å². The Hall–Kier alpha value is -3.16. The molecule has 1 fully saturated rings. The highest BCUT2D eigenvalue weighted by atomic mass is 35.5. The van der Waals surface area contributed by atoms with Gasteiger partial charge in [0.25, 0.3) is 0 Å². The maximum absolute atomic E-state index is 14.9. The average Bonchev–Trinajstić information content (AvgIpc) is 3.64. The summed E-state index contributed by atoms with van der Waals surface area (Å²) in [5.41, 5.74) is 5.53. The van der Waals surface area contributed by atoms with E-state index >= 15 is 0 Å². The fraction of sp³-hybridized carbons (Fsp3) is 0.457. The smallest absolute Gasteiger partial charge is 0.231 e. The number of anilines is 1. The number of aldehydes is 1. The van der Waals surface area contributed by atoms with Gasteiger partial charge < -0.3 is 19.6 Å². The number of nitrogens with zero attached hydrogens (tertiary/aromatic N) is 1. The van der Waals surface area contributed by atoms with Crippen molar-refractivity contribution in [2.45, 2.75) is 71.8 Å². The van der Waals surface area contributed by atoms with Crippen molar-refractivity contribution in [1.29, 1.82) is 0 Å². The minimum atomic E-state index is -0.454. The summed E-state index contributed by atoms with van der Waals surface area (Å²) >= 11 is 6.01. The predicted molar refractivity (Wildman–Crippen MR) is 173 cm³/mol. The van der Waals surface area contributed by atoms with Crippen molar-refractivity contribution in [3.05, 3.63) is 88.0 Å². The molecule has 2 aliphatic rings. The van der Waals surface area contributed by atoms with Crippen LogP contribution in [0.4, 0.5) is 14.5 Å². The SMILES string of the molecule is C=C/C=C(\C=C(\F)C[C@H]1C[C@@H](c2cc(F)c3c(c2)OCO3)CN1CC=O)C(C)CC.CCc1cc(Cl)cc(CC)c1NC. The Labute approximate surface area is 260 Å². The van der Waals surface area contributed by atoms with E-state index in [1.807, 2.05) is 30.2 Å². The zero-order chi connectivity index (χ0) is 31.5. The molecule has 0 amide bonds. The van der Waals surface area contributed by atoms with E-state index in [1.165, 1.54) is 22.9 Å². The minimum absolute atomic E-state index is 0.00696. The zero-order valence-electron chi connectivity index (χ0n) is 26.0. The Morgan fingerprint density at radius 1 is 1.19 bits per heavy atom. The summed E-state index contributed by atoms with van der Waals surface area (Å²) in [6, 6.07) is 7.18. The molecule has 2 aromatic rings. The molecule has 43 heavy (non-hydrogen) atoms. The number of aryl methyl sites for hydroxylation is 2. The van der Waals surface area contributed by atoms with Gasteiger partial charge in [0.1, 0.15) is 12.1 Å². The quantitative estimate of drug-likeness (QED) is 0.191. The van der Waals surface area contributed by atoms with Crippen molar-refractivity contribution in [2.75, 3.05) is 32.2 Å². The fourth-order valence-corrected chi connectivity index (χ4v) is 6.04. The molecule has 4 rings (SSSR count). The summed E-state index contributed by atoms with van der Waals surface area (Å²) in [6.07, 6.45) is 9.71. The molecule has 0 aromatic heterocycles. The van der Waals surface area contributed by atoms with Gasteiger partial charge in [0.2, 0.25) is 12.5 Å². The summed E-state index contributed by atoms with van der Waals surface area (Å²) < 4.78 is 39.7. The highest BCUT2D eigenvalue weighted by Gasteiger charge is 2.34. The molecule has 1 N–H and O–H groups in total. The van der Waals surface area contributed by atoms with Gasteiger partial charge >= 0.3 is 0 Å². The van der Waals surface area contributed by atoms with E-state index in [0.717, 1.165) is 41.7 Å². The molecule has 234 valence electrons. The Morgan fingerprint density at radius 2 is 1.88 bits per heavy atom. The number of rotatable bonds is 12. The number of carbonyl (C=O) groups is 1. The van der Waals surface area contributed by atoms with Crippen LogP contribution in [0.2, 0.25) is 5.02 Å². The third-order valence-electron chi connectivity index (χ3n) is 8.28. The van der Waals surface area contributed by atoms with Crippen molar-refractivity contribution < 1.29 is 23.0 Å². The van der Waals surface area contributed by atoms with Gasteiger partial charge in [-0.15, -0.1) is 0 Å². The number of allylic oxidation sites excluding steroid dienone is 4. The first-order chi connectivity index (χ1) is 20.7. The first-order valence-corrected chi connectivity index (χ1v) is 15.5. The van der Waals surface area contributed by atoms with Crippen LogP contribution in [0.25, 0.3) is 0 Å². The third-order valence-corrected chi connectivity index (χ3v) is 8.50. The summed E-state index contributed by atoms with van der Waals surface area (Å²) in [6.45, 7) is 12.9. The van der Waals surface area contributed by atoms with Gasteiger partial charge in [-0.05, 0) is 90.1 Å². The van der Waals surface area contributed by atoms with Crippen molar-refractivity contribution in [2.24, 2.45) is 5.92 Å². The molecule has 0 radical (unpaired) electrons. The van der Waals surface area contributed by atoms with E-state index < -0.39 is 5.82 Å². The van der Waals surface area contributed by atoms with Gasteiger partial charge in [-0.1, -0.05) is 58.0 Å². The molecule has 0 spiro atoms. The van der Waals surface area contributed by atoms with Crippen LogP contribution < -0.4 is 14.8 Å². The monoisotopic (exact) mass is 614 g/mol. The van der Waals surface area contributed by atoms with Gasteiger partial charge in [-0.3, -0.25) is 4.90 Å². The van der Waals surface area contributed by atoms with E-state index in [-0.39, 0.29) is 49.2 Å². The lowest BCUT2D eigenvalue weighted by atomic mass is 9.93. The van der Waals surface area contributed by atoms with Gasteiger partial charge in [0.15, 0.2) is 11.6 Å². The molecular weight excluding hydrogens is 570 g/mol. The van der Waals surface area contributed by atoms with Crippen molar-refractivity contribution in [1.82, 2.24) is 4.90 Å². The number of carbonyl (C=O) groups excluding carboxylic acids is 1. The predicted octanol–water partition coefficient (Wildman–Crippen LogP) is 8.82. The van der Waals surface area contributed by atoms with E-state index in [9.17, 15) is 13.6 Å². The molecular formula is C35H45ClF2N2O3. The number of hydrogen-bond acceptors (Lipinski definition) is 5. The third kappa shape index (κ3) is 8.93. The van der Waals surface area contributed by atoms with Crippen LogP contribution in [-0.2, 0) is 17.6 Å². The largest absolute Gasteiger partial charge is 0.453 e. The molecule has 1 unspecified atom stereocenters. The van der Waals surface area contributed by atoms with Crippen LogP contribution in [0.5, 0.6) is 11.5 Å². The van der Waals surface area contributed by atoms with E-state index in [4.69, 9.17) is 21.1 Å². The van der Waals surface area contributed by atoms with Crippen LogP contribution in [0.3, 0.4) is 0 Å². The molecule has 8 heteroatoms. The number of halogens is 3. The number of likely N-dealkylation sites (tertiary alicyclic amines) is 1. The van der Waals surface area contributed by atoms with E-state index in [0.29, 0.717) is 18.7 Å². The highest BCUT2D eigenvalue weighted by molar-refractivity contribution is 6.30. The first-order valence-electron chi connectivity index (χ1n) is 15.1. The topological polar surface area (TPSA) is 50.8 Å². The first kappa shape index (κ1) is 34.3. The summed E-state index contributed by atoms with van der Waals surface area (Å²) in [7, 11) is 1.96. The van der Waals surface area contributed by atoms with Gasteiger partial charge in [0.05, 0.1) is 6.54 Å². The molecule has 1 saturated heterocycles. The molecule has 3 atom stereocenters. The normalized spacial score (nSPS) is 19.1. The summed E-state index contributed by atoms with van der Waals surface area (Å²) in [5, 5.41) is 4.08. The van der Waals surface area contributed by atoms with Gasteiger partial charge in [-0.2, -0.15) is 0 Å². The Morgan fingerprint density at radius 3 is 2.47 bits per heavy atom. The lowest BCUT2D eigenvalue weighted by Crippen LogP contribution is -2.31. The maximum atomic E-state index is 14.9. The molecule has 2 aromatic carbocycles. The van der Waals surface area contributed by atoms with Crippen LogP contribution >= 0.6 is 11.6 Å². The molecule has 2 heterocycles. The minimum Gasteiger partial charge on any atom is -0.453 e. The number of benzene rings is 2. The zero-order valence-corrected chi connectivity index (χ0v) is 26.8. The van der Waals surface area contributed by atoms with Crippen molar-refractivity contribution >= 4 is 23.6 Å². The summed E-state index contributed by atoms with van der Waals surface area (Å²) in [4.78, 5) is 13.1. The molecule has 0 bridgehead atoms. The standard InChI is InChI=1S/C24H29F2NO3.C11H16ClN/c1-4-6-17(16(3)5-2)9-20(25)13-21-10-19(14-27(21)7-8-28)18-11-22(26)24-23(12-18)29-15-30-24;1-4-8-6-10(12)7-9(5-2)11(8)13-3/h4,6,8-9,11-12,16,19,21H,1,5,7,10,13-15H2,2-3H3;6-7,13H,4-5H2,1-3H3/b17-6+,20-9+;/t16?,19-,21-;/m1./s1. The van der Waals surface area contributed by atoms with Crippen LogP contribution in [0.15, 0.2) is 60.5 Å². The fourth-order valence-electron chi connectivity index (χ4n) is 5.78. The Balaban J connectivity index is 0.000000326. The second-order valence-corrected chi connectivity index (χ2v) is 11.4. The van der Waals surface area contributed by atoms with Crippen LogP contribution in [0.1, 0.15) is 69.6 Å². The lowest BCUT2D eigenvalue weighted by Gasteiger charge is -2.21. The summed E-state index contributed by atoms with van der Waals surface area (Å²) in [5.74, 6) is 0.0797. The molecule has 2 aliphatic heterocycles. The van der Waals surface area contributed by atoms with Gasteiger partial charge in [-0.25, -0.2) is 8.78 Å². The number of nitrogens with one attached hydrogen (secondary N) is 1. The lowest BCUT2D eigenvalue weighted by molar-refractivity contribution is -0.109. The van der Waals surface area contributed by atoms with Gasteiger partial charge in [0, 0.05) is 36.8 Å². The molecule has 0 aliphatic carbocycles. The van der Waals surface area contributed by atoms with Crippen molar-refractivity contribution in [3.8, 4) is 11.5 Å². The second-order valence-electron chi connectivity index (χ2n) is 11.0. The maximum Gasteiger partial charge on any atom is 0.231 e. The molecule has 0 saturated carbocycles. The van der Waals surface area contributed by atoms with E-state index in [1.54, 1.807) is 18.2 Å². The second kappa shape index (κ2) is 16.6. The number of ether oxygens (including phenoxy) is 2. The Kier molecular flexibility index (Phi) is 13.3. The number of fused-ring (bicyclic) bond motifs is 1. The van der Waals surface area contributed by atoms with Crippen molar-refractivity contribution in [3.63, 3.8) is 0 Å². The highest BCUT2D eigenvalue weighted by Crippen LogP contribution is 2.41. The van der Waals surface area contributed by atoms with E-state index in [2.05, 4.69) is 39.6 Å². The van der Waals surface area contributed by atoms with Crippen LogP contribution in [0, 0.1) is 11.7 Å².